The van der Waals surface area contributed by atoms with E-state index < -0.39 is 0 Å². The SMILES string of the molecule is Cc1cn(-c2cc(Br)ccc2C)c(Nc2ccccc2)n1. The molecule has 0 spiro atoms. The molecule has 0 aliphatic heterocycles. The fourth-order valence-electron chi connectivity index (χ4n) is 2.26. The molecule has 0 aliphatic rings. The fraction of sp³-hybridized carbons (Fsp3) is 0.118. The van der Waals surface area contributed by atoms with E-state index in [1.165, 1.54) is 5.56 Å². The van der Waals surface area contributed by atoms with Crippen molar-refractivity contribution < 1.29 is 0 Å². The van der Waals surface area contributed by atoms with Crippen LogP contribution in [-0.4, -0.2) is 9.55 Å². The third kappa shape index (κ3) is 3.00. The zero-order chi connectivity index (χ0) is 14.8. The lowest BCUT2D eigenvalue weighted by atomic mass is 10.2. The lowest BCUT2D eigenvalue weighted by Gasteiger charge is -2.12. The number of aromatic nitrogens is 2. The highest BCUT2D eigenvalue weighted by Crippen LogP contribution is 2.25. The highest BCUT2D eigenvalue weighted by atomic mass is 79.9. The number of hydrogen-bond donors (Lipinski definition) is 1. The number of anilines is 2. The summed E-state index contributed by atoms with van der Waals surface area (Å²) in [5.74, 6) is 0.819. The van der Waals surface area contributed by atoms with Crippen molar-refractivity contribution in [1.29, 1.82) is 0 Å². The van der Waals surface area contributed by atoms with Crippen molar-refractivity contribution >= 4 is 27.6 Å². The summed E-state index contributed by atoms with van der Waals surface area (Å²) in [5.41, 5.74) is 4.32. The Bertz CT molecular complexity index is 763. The number of imidazole rings is 1. The Kier molecular flexibility index (Phi) is 3.80. The largest absolute Gasteiger partial charge is 0.325 e. The van der Waals surface area contributed by atoms with Gasteiger partial charge in [0.25, 0.3) is 0 Å². The molecule has 1 heterocycles. The van der Waals surface area contributed by atoms with E-state index in [1.54, 1.807) is 0 Å². The van der Waals surface area contributed by atoms with Crippen molar-refractivity contribution in [3.8, 4) is 5.69 Å². The van der Waals surface area contributed by atoms with Gasteiger partial charge in [0.2, 0.25) is 5.95 Å². The number of aryl methyl sites for hydroxylation is 2. The summed E-state index contributed by atoms with van der Waals surface area (Å²) in [5, 5.41) is 3.38. The Morgan fingerprint density at radius 2 is 1.81 bits per heavy atom. The summed E-state index contributed by atoms with van der Waals surface area (Å²) >= 11 is 3.54. The number of halogens is 1. The monoisotopic (exact) mass is 341 g/mol. The van der Waals surface area contributed by atoms with Crippen molar-refractivity contribution in [3.63, 3.8) is 0 Å². The van der Waals surface area contributed by atoms with Gasteiger partial charge in [-0.05, 0) is 43.7 Å². The first-order valence-electron chi connectivity index (χ1n) is 6.78. The van der Waals surface area contributed by atoms with Crippen LogP contribution in [0.4, 0.5) is 11.6 Å². The zero-order valence-corrected chi connectivity index (χ0v) is 13.6. The third-order valence-corrected chi connectivity index (χ3v) is 3.78. The molecule has 0 saturated heterocycles. The highest BCUT2D eigenvalue weighted by Gasteiger charge is 2.10. The van der Waals surface area contributed by atoms with Gasteiger partial charge in [0.15, 0.2) is 0 Å². The maximum atomic E-state index is 4.59. The van der Waals surface area contributed by atoms with Crippen LogP contribution in [0, 0.1) is 13.8 Å². The maximum absolute atomic E-state index is 4.59. The maximum Gasteiger partial charge on any atom is 0.212 e. The molecule has 106 valence electrons. The first-order chi connectivity index (χ1) is 10.1. The molecule has 0 amide bonds. The van der Waals surface area contributed by atoms with Gasteiger partial charge in [0.1, 0.15) is 0 Å². The van der Waals surface area contributed by atoms with Crippen LogP contribution in [0.1, 0.15) is 11.3 Å². The molecule has 3 aromatic rings. The van der Waals surface area contributed by atoms with Crippen molar-refractivity contribution in [2.24, 2.45) is 0 Å². The second-order valence-electron chi connectivity index (χ2n) is 5.00. The standard InChI is InChI=1S/C17H16BrN3/c1-12-8-9-14(18)10-16(12)21-11-13(2)19-17(21)20-15-6-4-3-5-7-15/h3-11H,1-2H3,(H,19,20). The van der Waals surface area contributed by atoms with Gasteiger partial charge in [-0.1, -0.05) is 40.2 Å². The van der Waals surface area contributed by atoms with Gasteiger partial charge in [-0.2, -0.15) is 0 Å². The molecule has 3 nitrogen and oxygen atoms in total. The molecule has 1 aromatic heterocycles. The van der Waals surface area contributed by atoms with Gasteiger partial charge in [-0.25, -0.2) is 4.98 Å². The van der Waals surface area contributed by atoms with Gasteiger partial charge in [-0.3, -0.25) is 4.57 Å². The number of hydrogen-bond acceptors (Lipinski definition) is 2. The normalized spacial score (nSPS) is 10.6. The van der Waals surface area contributed by atoms with Crippen LogP contribution in [0.3, 0.4) is 0 Å². The summed E-state index contributed by atoms with van der Waals surface area (Å²) in [7, 11) is 0. The minimum absolute atomic E-state index is 0.819. The Balaban J connectivity index is 2.05. The molecule has 0 bridgehead atoms. The van der Waals surface area contributed by atoms with Crippen LogP contribution in [0.25, 0.3) is 5.69 Å². The quantitative estimate of drug-likeness (QED) is 0.726. The molecule has 0 saturated carbocycles. The zero-order valence-electron chi connectivity index (χ0n) is 12.0. The Hall–Kier alpha value is -2.07. The van der Waals surface area contributed by atoms with E-state index in [0.717, 1.165) is 27.5 Å². The van der Waals surface area contributed by atoms with Crippen molar-refractivity contribution in [1.82, 2.24) is 9.55 Å². The molecule has 0 fully saturated rings. The predicted octanol–water partition coefficient (Wildman–Crippen LogP) is 5.00. The lowest BCUT2D eigenvalue weighted by molar-refractivity contribution is 1.04. The van der Waals surface area contributed by atoms with Gasteiger partial charge >= 0.3 is 0 Å². The van der Waals surface area contributed by atoms with E-state index in [-0.39, 0.29) is 0 Å². The number of rotatable bonds is 3. The molecule has 21 heavy (non-hydrogen) atoms. The number of benzene rings is 2. The summed E-state index contributed by atoms with van der Waals surface area (Å²) in [6.07, 6.45) is 2.04. The van der Waals surface area contributed by atoms with Crippen molar-refractivity contribution in [3.05, 3.63) is 70.5 Å². The van der Waals surface area contributed by atoms with Crippen molar-refractivity contribution in [2.75, 3.05) is 5.32 Å². The first-order valence-corrected chi connectivity index (χ1v) is 7.57. The minimum atomic E-state index is 0.819. The molecule has 0 aliphatic carbocycles. The smallest absolute Gasteiger partial charge is 0.212 e. The van der Waals surface area contributed by atoms with Crippen LogP contribution in [-0.2, 0) is 0 Å². The minimum Gasteiger partial charge on any atom is -0.325 e. The predicted molar refractivity (Wildman–Crippen MR) is 90.5 cm³/mol. The van der Waals surface area contributed by atoms with Crippen LogP contribution in [0.5, 0.6) is 0 Å². The molecule has 0 radical (unpaired) electrons. The summed E-state index contributed by atoms with van der Waals surface area (Å²) < 4.78 is 3.14. The summed E-state index contributed by atoms with van der Waals surface area (Å²) in [4.78, 5) is 4.59. The molecule has 0 unspecified atom stereocenters. The average Bonchev–Trinajstić information content (AvgIpc) is 2.83. The van der Waals surface area contributed by atoms with E-state index in [4.69, 9.17) is 0 Å². The second kappa shape index (κ2) is 5.74. The lowest BCUT2D eigenvalue weighted by Crippen LogP contribution is -2.02. The van der Waals surface area contributed by atoms with E-state index in [1.807, 2.05) is 49.5 Å². The molecular formula is C17H16BrN3. The first kappa shape index (κ1) is 13.9. The van der Waals surface area contributed by atoms with Gasteiger partial charge in [0, 0.05) is 16.4 Å². The molecule has 3 rings (SSSR count). The fourth-order valence-corrected chi connectivity index (χ4v) is 2.61. The Labute approximate surface area is 132 Å². The van der Waals surface area contributed by atoms with Crippen LogP contribution in [0.15, 0.2) is 59.2 Å². The Morgan fingerprint density at radius 1 is 1.05 bits per heavy atom. The average molecular weight is 342 g/mol. The summed E-state index contributed by atoms with van der Waals surface area (Å²) in [6, 6.07) is 16.3. The number of nitrogens with one attached hydrogen (secondary N) is 1. The van der Waals surface area contributed by atoms with Crippen LogP contribution >= 0.6 is 15.9 Å². The van der Waals surface area contributed by atoms with Crippen LogP contribution in [0.2, 0.25) is 0 Å². The van der Waals surface area contributed by atoms with Gasteiger partial charge < -0.3 is 5.32 Å². The van der Waals surface area contributed by atoms with E-state index in [2.05, 4.69) is 49.9 Å². The number of nitrogens with zero attached hydrogens (tertiary/aromatic N) is 2. The van der Waals surface area contributed by atoms with Gasteiger partial charge in [0.05, 0.1) is 11.4 Å². The number of para-hydroxylation sites is 1. The van der Waals surface area contributed by atoms with Crippen LogP contribution < -0.4 is 5.32 Å². The topological polar surface area (TPSA) is 29.9 Å². The third-order valence-electron chi connectivity index (χ3n) is 3.29. The highest BCUT2D eigenvalue weighted by molar-refractivity contribution is 9.10. The van der Waals surface area contributed by atoms with Gasteiger partial charge in [-0.15, -0.1) is 0 Å². The summed E-state index contributed by atoms with van der Waals surface area (Å²) in [6.45, 7) is 4.10. The molecule has 2 aromatic carbocycles. The second-order valence-corrected chi connectivity index (χ2v) is 5.91. The van der Waals surface area contributed by atoms with Crippen molar-refractivity contribution in [2.45, 2.75) is 13.8 Å². The Morgan fingerprint density at radius 3 is 2.57 bits per heavy atom. The molecule has 4 heteroatoms. The van der Waals surface area contributed by atoms with E-state index >= 15 is 0 Å². The molecule has 1 N–H and O–H groups in total. The molecular weight excluding hydrogens is 326 g/mol. The van der Waals surface area contributed by atoms with E-state index in [0.29, 0.717) is 0 Å². The van der Waals surface area contributed by atoms with E-state index in [9.17, 15) is 0 Å². The molecule has 0 atom stereocenters.